The van der Waals surface area contributed by atoms with Crippen LogP contribution in [0.4, 0.5) is 0 Å². The summed E-state index contributed by atoms with van der Waals surface area (Å²) in [5.41, 5.74) is 0.770. The summed E-state index contributed by atoms with van der Waals surface area (Å²) in [5.74, 6) is 0. The molecule has 1 aromatic rings. The maximum atomic E-state index is 10.4. The van der Waals surface area contributed by atoms with Gasteiger partial charge in [0.05, 0.1) is 4.92 Å². The first-order valence-corrected chi connectivity index (χ1v) is 4.96. The predicted molar refractivity (Wildman–Crippen MR) is 58.2 cm³/mol. The van der Waals surface area contributed by atoms with Crippen LogP contribution < -0.4 is 0 Å². The number of benzene rings is 1. The van der Waals surface area contributed by atoms with E-state index in [1.807, 2.05) is 18.2 Å². The van der Waals surface area contributed by atoms with E-state index >= 15 is 0 Å². The van der Waals surface area contributed by atoms with Gasteiger partial charge in [-0.2, -0.15) is 0 Å². The first kappa shape index (κ1) is 10.4. The Balaban J connectivity index is 3.11. The molecular weight excluding hydrogens is 302 g/mol. The highest BCUT2D eigenvalue weighted by Gasteiger charge is 2.13. The molecule has 1 aromatic carbocycles. The fourth-order valence-electron chi connectivity index (χ4n) is 0.784. The lowest BCUT2D eigenvalue weighted by atomic mass is 10.2. The summed E-state index contributed by atoms with van der Waals surface area (Å²) in [4.78, 5) is 9.90. The van der Waals surface area contributed by atoms with Crippen LogP contribution in [0.25, 0.3) is 4.48 Å². The SMILES string of the molecule is O=[N+]([O-])/C(Br)=C(\Br)c1ccccc1. The molecule has 13 heavy (non-hydrogen) atoms. The van der Waals surface area contributed by atoms with Crippen molar-refractivity contribution in [3.8, 4) is 0 Å². The standard InChI is InChI=1S/C8H5Br2NO2/c9-7(8(10)11(12)13)6-4-2-1-3-5-6/h1-5H/b8-7-. The molecule has 5 heteroatoms. The molecule has 0 aliphatic rings. The summed E-state index contributed by atoms with van der Waals surface area (Å²) >= 11 is 6.02. The van der Waals surface area contributed by atoms with Crippen molar-refractivity contribution in [2.75, 3.05) is 0 Å². The highest BCUT2D eigenvalue weighted by atomic mass is 79.9. The second-order valence-corrected chi connectivity index (χ2v) is 3.77. The third kappa shape index (κ3) is 2.63. The van der Waals surface area contributed by atoms with E-state index in [2.05, 4.69) is 31.9 Å². The summed E-state index contributed by atoms with van der Waals surface area (Å²) in [6.07, 6.45) is 0. The van der Waals surface area contributed by atoms with E-state index < -0.39 is 4.92 Å². The minimum atomic E-state index is -0.489. The second kappa shape index (κ2) is 4.53. The Hall–Kier alpha value is -0.680. The molecule has 0 bridgehead atoms. The maximum Gasteiger partial charge on any atom is 0.325 e. The van der Waals surface area contributed by atoms with Crippen molar-refractivity contribution in [1.82, 2.24) is 0 Å². The predicted octanol–water partition coefficient (Wildman–Crippen LogP) is 3.38. The lowest BCUT2D eigenvalue weighted by Gasteiger charge is -1.97. The van der Waals surface area contributed by atoms with Crippen LogP contribution in [0, 0.1) is 10.1 Å². The summed E-state index contributed by atoms with van der Waals surface area (Å²) < 4.78 is 0.372. The zero-order valence-electron chi connectivity index (χ0n) is 6.41. The molecule has 0 unspecified atom stereocenters. The molecule has 3 nitrogen and oxygen atoms in total. The van der Waals surface area contributed by atoms with E-state index in [-0.39, 0.29) is 4.61 Å². The average molecular weight is 307 g/mol. The van der Waals surface area contributed by atoms with E-state index in [1.165, 1.54) is 0 Å². The fourth-order valence-corrected chi connectivity index (χ4v) is 1.42. The number of nitro groups is 1. The van der Waals surface area contributed by atoms with E-state index in [4.69, 9.17) is 0 Å². The van der Waals surface area contributed by atoms with Crippen LogP contribution in [0.3, 0.4) is 0 Å². The Morgan fingerprint density at radius 2 is 1.77 bits per heavy atom. The van der Waals surface area contributed by atoms with Gasteiger partial charge in [0.2, 0.25) is 0 Å². The molecule has 0 aromatic heterocycles. The van der Waals surface area contributed by atoms with Crippen LogP contribution in [-0.2, 0) is 0 Å². The first-order valence-electron chi connectivity index (χ1n) is 3.38. The smallest absolute Gasteiger partial charge is 0.258 e. The summed E-state index contributed by atoms with van der Waals surface area (Å²) in [6, 6.07) is 9.06. The molecule has 0 N–H and O–H groups in total. The largest absolute Gasteiger partial charge is 0.325 e. The Morgan fingerprint density at radius 3 is 2.23 bits per heavy atom. The molecule has 0 heterocycles. The molecule has 0 fully saturated rings. The molecule has 0 saturated heterocycles. The minimum absolute atomic E-state index is 0.0706. The molecule has 0 radical (unpaired) electrons. The van der Waals surface area contributed by atoms with Gasteiger partial charge >= 0.3 is 4.61 Å². The van der Waals surface area contributed by atoms with Gasteiger partial charge in [0.25, 0.3) is 0 Å². The van der Waals surface area contributed by atoms with Crippen LogP contribution in [0.2, 0.25) is 0 Å². The molecular formula is C8H5Br2NO2. The number of nitrogens with zero attached hydrogens (tertiary/aromatic N) is 1. The highest BCUT2D eigenvalue weighted by Crippen LogP contribution is 2.28. The molecule has 0 atom stereocenters. The van der Waals surface area contributed by atoms with Gasteiger partial charge in [-0.25, -0.2) is 0 Å². The molecule has 0 saturated carbocycles. The lowest BCUT2D eigenvalue weighted by Crippen LogP contribution is -1.92. The van der Waals surface area contributed by atoms with Crippen LogP contribution in [0.15, 0.2) is 34.9 Å². The number of rotatable bonds is 2. The van der Waals surface area contributed by atoms with E-state index in [0.29, 0.717) is 4.48 Å². The van der Waals surface area contributed by atoms with Crippen LogP contribution in [-0.4, -0.2) is 4.92 Å². The topological polar surface area (TPSA) is 43.1 Å². The van der Waals surface area contributed by atoms with Gasteiger partial charge in [-0.15, -0.1) is 0 Å². The fraction of sp³-hybridized carbons (Fsp3) is 0. The highest BCUT2D eigenvalue weighted by molar-refractivity contribution is 9.16. The van der Waals surface area contributed by atoms with E-state index in [1.54, 1.807) is 12.1 Å². The van der Waals surface area contributed by atoms with Crippen molar-refractivity contribution in [1.29, 1.82) is 0 Å². The quantitative estimate of drug-likeness (QED) is 0.477. The van der Waals surface area contributed by atoms with Gasteiger partial charge in [0, 0.05) is 15.9 Å². The number of halogens is 2. The summed E-state index contributed by atoms with van der Waals surface area (Å²) in [5, 5.41) is 10.4. The van der Waals surface area contributed by atoms with Gasteiger partial charge in [-0.3, -0.25) is 10.1 Å². The molecule has 68 valence electrons. The molecule has 0 aliphatic carbocycles. The summed E-state index contributed by atoms with van der Waals surface area (Å²) in [7, 11) is 0. The second-order valence-electron chi connectivity index (χ2n) is 2.23. The molecule has 0 aliphatic heterocycles. The zero-order valence-corrected chi connectivity index (χ0v) is 9.58. The Bertz CT molecular complexity index is 348. The van der Waals surface area contributed by atoms with Crippen molar-refractivity contribution in [3.05, 3.63) is 50.6 Å². The monoisotopic (exact) mass is 305 g/mol. The Labute approximate surface area is 91.9 Å². The molecule has 0 spiro atoms. The third-order valence-electron chi connectivity index (χ3n) is 1.37. The van der Waals surface area contributed by atoms with Crippen molar-refractivity contribution in [2.24, 2.45) is 0 Å². The average Bonchev–Trinajstić information content (AvgIpc) is 2.17. The van der Waals surface area contributed by atoms with E-state index in [9.17, 15) is 10.1 Å². The summed E-state index contributed by atoms with van der Waals surface area (Å²) in [6.45, 7) is 0. The Morgan fingerprint density at radius 1 is 1.23 bits per heavy atom. The van der Waals surface area contributed by atoms with Gasteiger partial charge in [0.1, 0.15) is 4.48 Å². The Kier molecular flexibility index (Phi) is 3.62. The van der Waals surface area contributed by atoms with Crippen LogP contribution in [0.1, 0.15) is 5.56 Å². The third-order valence-corrected chi connectivity index (χ3v) is 3.42. The first-order chi connectivity index (χ1) is 6.13. The van der Waals surface area contributed by atoms with Crippen LogP contribution in [0.5, 0.6) is 0 Å². The zero-order chi connectivity index (χ0) is 9.84. The maximum absolute atomic E-state index is 10.4. The van der Waals surface area contributed by atoms with Crippen molar-refractivity contribution >= 4 is 36.3 Å². The van der Waals surface area contributed by atoms with Crippen molar-refractivity contribution < 1.29 is 4.92 Å². The van der Waals surface area contributed by atoms with Gasteiger partial charge < -0.3 is 0 Å². The normalized spacial score (nSPS) is 12.2. The molecule has 0 amide bonds. The molecule has 1 rings (SSSR count). The van der Waals surface area contributed by atoms with Crippen LogP contribution >= 0.6 is 31.9 Å². The lowest BCUT2D eigenvalue weighted by molar-refractivity contribution is -0.407. The van der Waals surface area contributed by atoms with E-state index in [0.717, 1.165) is 5.56 Å². The number of hydrogen-bond donors (Lipinski definition) is 0. The van der Waals surface area contributed by atoms with Crippen molar-refractivity contribution in [2.45, 2.75) is 0 Å². The number of hydrogen-bond acceptors (Lipinski definition) is 2. The van der Waals surface area contributed by atoms with Gasteiger partial charge in [-0.1, -0.05) is 30.3 Å². The van der Waals surface area contributed by atoms with Crippen molar-refractivity contribution in [3.63, 3.8) is 0 Å². The minimum Gasteiger partial charge on any atom is -0.258 e. The van der Waals surface area contributed by atoms with Gasteiger partial charge in [0.15, 0.2) is 0 Å². The van der Waals surface area contributed by atoms with Gasteiger partial charge in [-0.05, 0) is 21.5 Å².